The fraction of sp³-hybridized carbons (Fsp3) is 0.353. The highest BCUT2D eigenvalue weighted by atomic mass is 15.2. The molecule has 1 aromatic carbocycles. The van der Waals surface area contributed by atoms with Crippen molar-refractivity contribution >= 4 is 17.3 Å². The summed E-state index contributed by atoms with van der Waals surface area (Å²) in [7, 11) is 0. The van der Waals surface area contributed by atoms with Gasteiger partial charge >= 0.3 is 0 Å². The van der Waals surface area contributed by atoms with Crippen molar-refractivity contribution in [1.29, 1.82) is 0 Å². The van der Waals surface area contributed by atoms with E-state index in [0.29, 0.717) is 0 Å². The SMILES string of the molecule is CCCNc1cccc(N(CC)c2ccc(C)cc2)n1. The van der Waals surface area contributed by atoms with Crippen LogP contribution in [-0.2, 0) is 0 Å². The third-order valence-corrected chi connectivity index (χ3v) is 3.23. The van der Waals surface area contributed by atoms with Crippen LogP contribution in [0.1, 0.15) is 25.8 Å². The van der Waals surface area contributed by atoms with Crippen molar-refractivity contribution in [2.45, 2.75) is 27.2 Å². The molecule has 2 rings (SSSR count). The Morgan fingerprint density at radius 3 is 2.45 bits per heavy atom. The van der Waals surface area contributed by atoms with E-state index >= 15 is 0 Å². The Bertz CT molecular complexity index is 534. The molecule has 0 bridgehead atoms. The van der Waals surface area contributed by atoms with Gasteiger partial charge in [-0.15, -0.1) is 0 Å². The molecule has 0 aliphatic heterocycles. The Balaban J connectivity index is 2.24. The molecular formula is C17H23N3. The Labute approximate surface area is 121 Å². The molecule has 20 heavy (non-hydrogen) atoms. The van der Waals surface area contributed by atoms with Crippen LogP contribution in [0.3, 0.4) is 0 Å². The summed E-state index contributed by atoms with van der Waals surface area (Å²) in [4.78, 5) is 6.91. The number of hydrogen-bond acceptors (Lipinski definition) is 3. The fourth-order valence-electron chi connectivity index (χ4n) is 2.13. The van der Waals surface area contributed by atoms with E-state index < -0.39 is 0 Å². The summed E-state index contributed by atoms with van der Waals surface area (Å²) in [5.41, 5.74) is 2.45. The minimum absolute atomic E-state index is 0.896. The van der Waals surface area contributed by atoms with Gasteiger partial charge in [0.25, 0.3) is 0 Å². The molecule has 0 spiro atoms. The second-order valence-electron chi connectivity index (χ2n) is 4.89. The maximum atomic E-state index is 4.70. The van der Waals surface area contributed by atoms with Crippen LogP contribution in [-0.4, -0.2) is 18.1 Å². The van der Waals surface area contributed by atoms with Gasteiger partial charge in [0, 0.05) is 18.8 Å². The number of pyridine rings is 1. The van der Waals surface area contributed by atoms with E-state index in [4.69, 9.17) is 4.98 Å². The molecule has 0 saturated heterocycles. The van der Waals surface area contributed by atoms with E-state index in [2.05, 4.69) is 67.4 Å². The molecule has 1 aromatic heterocycles. The van der Waals surface area contributed by atoms with Crippen molar-refractivity contribution in [3.63, 3.8) is 0 Å². The fourth-order valence-corrected chi connectivity index (χ4v) is 2.13. The van der Waals surface area contributed by atoms with Crippen LogP contribution in [0.2, 0.25) is 0 Å². The first-order chi connectivity index (χ1) is 9.74. The summed E-state index contributed by atoms with van der Waals surface area (Å²) in [6.45, 7) is 8.25. The van der Waals surface area contributed by atoms with Crippen molar-refractivity contribution in [2.75, 3.05) is 23.3 Å². The Morgan fingerprint density at radius 2 is 1.80 bits per heavy atom. The second kappa shape index (κ2) is 6.94. The van der Waals surface area contributed by atoms with E-state index in [-0.39, 0.29) is 0 Å². The lowest BCUT2D eigenvalue weighted by Gasteiger charge is -2.23. The van der Waals surface area contributed by atoms with E-state index in [1.54, 1.807) is 0 Å². The van der Waals surface area contributed by atoms with Gasteiger partial charge in [0.15, 0.2) is 0 Å². The lowest BCUT2D eigenvalue weighted by atomic mass is 10.2. The highest BCUT2D eigenvalue weighted by Gasteiger charge is 2.08. The first-order valence-electron chi connectivity index (χ1n) is 7.29. The predicted octanol–water partition coefficient (Wildman–Crippen LogP) is 4.37. The number of nitrogens with zero attached hydrogens (tertiary/aromatic N) is 2. The molecule has 0 fully saturated rings. The number of benzene rings is 1. The highest BCUT2D eigenvalue weighted by Crippen LogP contribution is 2.24. The van der Waals surface area contributed by atoms with Crippen LogP contribution in [0.15, 0.2) is 42.5 Å². The summed E-state index contributed by atoms with van der Waals surface area (Å²) < 4.78 is 0. The average Bonchev–Trinajstić information content (AvgIpc) is 2.48. The van der Waals surface area contributed by atoms with Crippen LogP contribution < -0.4 is 10.2 Å². The van der Waals surface area contributed by atoms with Gasteiger partial charge in [-0.25, -0.2) is 4.98 Å². The summed E-state index contributed by atoms with van der Waals surface area (Å²) in [6, 6.07) is 14.7. The molecule has 3 heteroatoms. The van der Waals surface area contributed by atoms with Crippen LogP contribution in [0.4, 0.5) is 17.3 Å². The van der Waals surface area contributed by atoms with E-state index in [1.807, 2.05) is 6.07 Å². The molecule has 0 atom stereocenters. The number of hydrogen-bond donors (Lipinski definition) is 1. The molecule has 0 aliphatic carbocycles. The first-order valence-corrected chi connectivity index (χ1v) is 7.29. The van der Waals surface area contributed by atoms with Crippen molar-refractivity contribution < 1.29 is 0 Å². The van der Waals surface area contributed by atoms with Gasteiger partial charge in [-0.1, -0.05) is 30.7 Å². The topological polar surface area (TPSA) is 28.2 Å². The first kappa shape index (κ1) is 14.4. The second-order valence-corrected chi connectivity index (χ2v) is 4.89. The zero-order valence-electron chi connectivity index (χ0n) is 12.6. The molecule has 3 nitrogen and oxygen atoms in total. The normalized spacial score (nSPS) is 10.3. The number of aryl methyl sites for hydroxylation is 1. The molecule has 106 valence electrons. The van der Waals surface area contributed by atoms with Crippen molar-refractivity contribution in [1.82, 2.24) is 4.98 Å². The average molecular weight is 269 g/mol. The summed E-state index contributed by atoms with van der Waals surface area (Å²) in [6.07, 6.45) is 1.10. The van der Waals surface area contributed by atoms with Gasteiger partial charge in [0.05, 0.1) is 0 Å². The van der Waals surface area contributed by atoms with Crippen LogP contribution in [0.25, 0.3) is 0 Å². The lowest BCUT2D eigenvalue weighted by Crippen LogP contribution is -2.17. The molecule has 1 heterocycles. The van der Waals surface area contributed by atoms with Crippen molar-refractivity contribution in [3.05, 3.63) is 48.0 Å². The maximum absolute atomic E-state index is 4.70. The largest absolute Gasteiger partial charge is 0.370 e. The van der Waals surface area contributed by atoms with E-state index in [0.717, 1.165) is 31.1 Å². The van der Waals surface area contributed by atoms with Gasteiger partial charge < -0.3 is 10.2 Å². The van der Waals surface area contributed by atoms with Crippen LogP contribution >= 0.6 is 0 Å². The summed E-state index contributed by atoms with van der Waals surface area (Å²) in [5.74, 6) is 1.92. The molecule has 1 N–H and O–H groups in total. The molecule has 0 aliphatic rings. The number of rotatable bonds is 6. The Morgan fingerprint density at radius 1 is 1.05 bits per heavy atom. The molecule has 0 amide bonds. The maximum Gasteiger partial charge on any atom is 0.135 e. The monoisotopic (exact) mass is 269 g/mol. The highest BCUT2D eigenvalue weighted by molar-refractivity contribution is 5.61. The molecule has 2 aromatic rings. The number of nitrogens with one attached hydrogen (secondary N) is 1. The summed E-state index contributed by atoms with van der Waals surface area (Å²) in [5, 5.41) is 3.34. The third kappa shape index (κ3) is 3.50. The molecule has 0 radical (unpaired) electrons. The van der Waals surface area contributed by atoms with Crippen molar-refractivity contribution in [3.8, 4) is 0 Å². The molecule has 0 saturated carbocycles. The van der Waals surface area contributed by atoms with Crippen LogP contribution in [0.5, 0.6) is 0 Å². The standard InChI is InChI=1S/C17H23N3/c1-4-13-18-16-7-6-8-17(19-16)20(5-2)15-11-9-14(3)10-12-15/h6-12H,4-5,13H2,1-3H3,(H,18,19). The number of aromatic nitrogens is 1. The van der Waals surface area contributed by atoms with Gasteiger partial charge in [0.1, 0.15) is 11.6 Å². The third-order valence-electron chi connectivity index (χ3n) is 3.23. The minimum Gasteiger partial charge on any atom is -0.370 e. The van der Waals surface area contributed by atoms with Gasteiger partial charge in [-0.3, -0.25) is 0 Å². The van der Waals surface area contributed by atoms with Crippen molar-refractivity contribution in [2.24, 2.45) is 0 Å². The zero-order valence-corrected chi connectivity index (χ0v) is 12.6. The summed E-state index contributed by atoms with van der Waals surface area (Å²) >= 11 is 0. The predicted molar refractivity (Wildman–Crippen MR) is 86.9 cm³/mol. The van der Waals surface area contributed by atoms with E-state index in [9.17, 15) is 0 Å². The quantitative estimate of drug-likeness (QED) is 0.844. The minimum atomic E-state index is 0.896. The lowest BCUT2D eigenvalue weighted by molar-refractivity contribution is 0.955. The molecule has 0 unspecified atom stereocenters. The van der Waals surface area contributed by atoms with Gasteiger partial charge in [-0.2, -0.15) is 0 Å². The van der Waals surface area contributed by atoms with E-state index in [1.165, 1.54) is 11.3 Å². The molecular weight excluding hydrogens is 246 g/mol. The number of anilines is 3. The zero-order chi connectivity index (χ0) is 14.4. The van der Waals surface area contributed by atoms with Gasteiger partial charge in [-0.05, 0) is 44.5 Å². The smallest absolute Gasteiger partial charge is 0.135 e. The van der Waals surface area contributed by atoms with Crippen LogP contribution in [0, 0.1) is 6.92 Å². The Kier molecular flexibility index (Phi) is 4.99. The van der Waals surface area contributed by atoms with Gasteiger partial charge in [0.2, 0.25) is 0 Å². The Hall–Kier alpha value is -2.03.